The second-order valence-corrected chi connectivity index (χ2v) is 9.16. The number of nitrogens with one attached hydrogen (secondary N) is 2. The Morgan fingerprint density at radius 1 is 1.06 bits per heavy atom. The normalized spacial score (nSPS) is 11.8. The van der Waals surface area contributed by atoms with E-state index in [1.807, 2.05) is 62.4 Å². The van der Waals surface area contributed by atoms with Gasteiger partial charge in [-0.25, -0.2) is 4.79 Å². The second kappa shape index (κ2) is 12.0. The zero-order valence-corrected chi connectivity index (χ0v) is 20.7. The van der Waals surface area contributed by atoms with Crippen molar-refractivity contribution in [2.45, 2.75) is 52.8 Å². The smallest absolute Gasteiger partial charge is 0.408 e. The summed E-state index contributed by atoms with van der Waals surface area (Å²) in [4.78, 5) is 40.2. The molecule has 2 aromatic carbocycles. The molecular formula is C27H35N3O4. The number of carbonyl (C=O) groups excluding carboxylic acids is 3. The molecule has 0 saturated heterocycles. The van der Waals surface area contributed by atoms with E-state index in [4.69, 9.17) is 4.74 Å². The van der Waals surface area contributed by atoms with Crippen molar-refractivity contribution < 1.29 is 19.1 Å². The van der Waals surface area contributed by atoms with Gasteiger partial charge in [0.1, 0.15) is 18.2 Å². The van der Waals surface area contributed by atoms with E-state index >= 15 is 0 Å². The van der Waals surface area contributed by atoms with Gasteiger partial charge in [0.15, 0.2) is 0 Å². The number of amides is 3. The predicted octanol–water partition coefficient (Wildman–Crippen LogP) is 4.20. The minimum Gasteiger partial charge on any atom is -0.444 e. The van der Waals surface area contributed by atoms with Crippen LogP contribution >= 0.6 is 0 Å². The van der Waals surface area contributed by atoms with Crippen LogP contribution in [0.15, 0.2) is 61.2 Å². The molecule has 0 saturated carbocycles. The third kappa shape index (κ3) is 8.06. The van der Waals surface area contributed by atoms with Crippen LogP contribution in [0.4, 0.5) is 4.79 Å². The highest BCUT2D eigenvalue weighted by Crippen LogP contribution is 2.26. The summed E-state index contributed by atoms with van der Waals surface area (Å²) in [5.74, 6) is -0.739. The molecule has 1 atom stereocenters. The summed E-state index contributed by atoms with van der Waals surface area (Å²) in [5, 5.41) is 5.44. The number of rotatable bonds is 9. The molecule has 0 fully saturated rings. The van der Waals surface area contributed by atoms with Crippen LogP contribution in [-0.4, -0.2) is 41.5 Å². The summed E-state index contributed by atoms with van der Waals surface area (Å²) in [6.07, 6.45) is 0.866. The molecule has 3 amide bonds. The molecule has 2 aromatic rings. The van der Waals surface area contributed by atoms with E-state index in [1.165, 1.54) is 4.90 Å². The molecule has 0 spiro atoms. The van der Waals surface area contributed by atoms with Gasteiger partial charge in [0.05, 0.1) is 0 Å². The summed E-state index contributed by atoms with van der Waals surface area (Å²) < 4.78 is 5.22. The van der Waals surface area contributed by atoms with Gasteiger partial charge in [0.2, 0.25) is 11.8 Å². The maximum absolute atomic E-state index is 13.5. The van der Waals surface area contributed by atoms with Gasteiger partial charge in [-0.2, -0.15) is 0 Å². The lowest BCUT2D eigenvalue weighted by molar-refractivity contribution is -0.139. The van der Waals surface area contributed by atoms with Crippen LogP contribution in [0.25, 0.3) is 0 Å². The largest absolute Gasteiger partial charge is 0.444 e. The Balaban J connectivity index is 2.31. The molecule has 0 radical (unpaired) electrons. The zero-order chi connectivity index (χ0) is 25.3. The maximum Gasteiger partial charge on any atom is 0.408 e. The maximum atomic E-state index is 13.5. The number of hydrogen-bond donors (Lipinski definition) is 2. The number of alkyl carbamates (subject to hydrolysis) is 1. The Hall–Kier alpha value is -3.61. The summed E-state index contributed by atoms with van der Waals surface area (Å²) in [7, 11) is 0. The highest BCUT2D eigenvalue weighted by atomic mass is 16.6. The Bertz CT molecular complexity index is 1010. The highest BCUT2D eigenvalue weighted by Gasteiger charge is 2.32. The topological polar surface area (TPSA) is 87.7 Å². The summed E-state index contributed by atoms with van der Waals surface area (Å²) >= 11 is 0. The van der Waals surface area contributed by atoms with Gasteiger partial charge in [-0.05, 0) is 51.3 Å². The van der Waals surface area contributed by atoms with E-state index in [0.29, 0.717) is 6.54 Å². The van der Waals surface area contributed by atoms with Crippen LogP contribution in [0.1, 0.15) is 49.1 Å². The fourth-order valence-corrected chi connectivity index (χ4v) is 3.44. The summed E-state index contributed by atoms with van der Waals surface area (Å²) in [6, 6.07) is 14.5. The van der Waals surface area contributed by atoms with Gasteiger partial charge < -0.3 is 20.3 Å². The molecular weight excluding hydrogens is 430 g/mol. The van der Waals surface area contributed by atoms with Crippen LogP contribution in [-0.2, 0) is 20.9 Å². The van der Waals surface area contributed by atoms with Crippen molar-refractivity contribution in [1.29, 1.82) is 0 Å². The lowest BCUT2D eigenvalue weighted by atomic mass is 9.96. The first-order chi connectivity index (χ1) is 16.0. The van der Waals surface area contributed by atoms with Crippen molar-refractivity contribution in [3.05, 3.63) is 83.4 Å². The van der Waals surface area contributed by atoms with Gasteiger partial charge in [-0.15, -0.1) is 6.58 Å². The molecule has 0 aromatic heterocycles. The molecule has 1 unspecified atom stereocenters. The van der Waals surface area contributed by atoms with E-state index < -0.39 is 23.6 Å². The van der Waals surface area contributed by atoms with Crippen LogP contribution in [0, 0.1) is 13.8 Å². The van der Waals surface area contributed by atoms with Crippen molar-refractivity contribution in [3.63, 3.8) is 0 Å². The van der Waals surface area contributed by atoms with Crippen LogP contribution < -0.4 is 10.6 Å². The first kappa shape index (κ1) is 26.6. The summed E-state index contributed by atoms with van der Waals surface area (Å²) in [6.45, 7) is 13.0. The third-order valence-corrected chi connectivity index (χ3v) is 5.03. The van der Waals surface area contributed by atoms with E-state index in [1.54, 1.807) is 26.8 Å². The van der Waals surface area contributed by atoms with Crippen LogP contribution in [0.5, 0.6) is 0 Å². The molecule has 7 heteroatoms. The van der Waals surface area contributed by atoms with Crippen LogP contribution in [0.2, 0.25) is 0 Å². The fraction of sp³-hybridized carbons (Fsp3) is 0.370. The van der Waals surface area contributed by atoms with E-state index in [0.717, 1.165) is 22.3 Å². The zero-order valence-electron chi connectivity index (χ0n) is 20.7. The van der Waals surface area contributed by atoms with E-state index in [2.05, 4.69) is 17.2 Å². The highest BCUT2D eigenvalue weighted by molar-refractivity contribution is 5.90. The molecule has 0 heterocycles. The van der Waals surface area contributed by atoms with Gasteiger partial charge in [-0.1, -0.05) is 60.2 Å². The van der Waals surface area contributed by atoms with Gasteiger partial charge in [0.25, 0.3) is 0 Å². The van der Waals surface area contributed by atoms with Crippen molar-refractivity contribution >= 4 is 17.9 Å². The number of aryl methyl sites for hydroxylation is 2. The molecule has 0 bridgehead atoms. The lowest BCUT2D eigenvalue weighted by Crippen LogP contribution is -2.48. The quantitative estimate of drug-likeness (QED) is 0.544. The number of nitrogens with zero attached hydrogens (tertiary/aromatic N) is 1. The number of hydrogen-bond acceptors (Lipinski definition) is 4. The SMILES string of the molecule is C=CCN(C(=O)CNC(=O)OC(C)(C)C)C(C(=O)NCc1ccccc1)c1cc(C)ccc1C. The number of benzene rings is 2. The molecule has 2 N–H and O–H groups in total. The lowest BCUT2D eigenvalue weighted by Gasteiger charge is -2.32. The molecule has 182 valence electrons. The molecule has 0 aliphatic rings. The third-order valence-electron chi connectivity index (χ3n) is 5.03. The van der Waals surface area contributed by atoms with E-state index in [9.17, 15) is 14.4 Å². The van der Waals surface area contributed by atoms with Crippen LogP contribution in [0.3, 0.4) is 0 Å². The monoisotopic (exact) mass is 465 g/mol. The molecule has 34 heavy (non-hydrogen) atoms. The van der Waals surface area contributed by atoms with Crippen molar-refractivity contribution in [2.24, 2.45) is 0 Å². The van der Waals surface area contributed by atoms with Gasteiger partial charge in [0, 0.05) is 13.1 Å². The number of carbonyl (C=O) groups is 3. The van der Waals surface area contributed by atoms with Crippen molar-refractivity contribution in [1.82, 2.24) is 15.5 Å². The minimum atomic E-state index is -0.894. The van der Waals surface area contributed by atoms with Crippen molar-refractivity contribution in [2.75, 3.05) is 13.1 Å². The van der Waals surface area contributed by atoms with E-state index in [-0.39, 0.29) is 19.0 Å². The first-order valence-electron chi connectivity index (χ1n) is 11.3. The molecule has 2 rings (SSSR count). The van der Waals surface area contributed by atoms with Gasteiger partial charge in [-0.3, -0.25) is 9.59 Å². The van der Waals surface area contributed by atoms with Gasteiger partial charge >= 0.3 is 6.09 Å². The average molecular weight is 466 g/mol. The summed E-state index contributed by atoms with van der Waals surface area (Å²) in [5.41, 5.74) is 2.83. The van der Waals surface area contributed by atoms with Crippen molar-refractivity contribution in [3.8, 4) is 0 Å². The Kier molecular flexibility index (Phi) is 9.42. The second-order valence-electron chi connectivity index (χ2n) is 9.16. The standard InChI is InChI=1S/C27H35N3O4/c1-7-15-30(23(31)18-29-26(33)34-27(4,5)6)24(22-16-19(2)13-14-20(22)3)25(32)28-17-21-11-9-8-10-12-21/h7-14,16,24H,1,15,17-18H2,2-6H3,(H,28,32)(H,29,33). The minimum absolute atomic E-state index is 0.131. The Labute approximate surface area is 202 Å². The Morgan fingerprint density at radius 3 is 2.35 bits per heavy atom. The average Bonchev–Trinajstić information content (AvgIpc) is 2.77. The Morgan fingerprint density at radius 2 is 1.74 bits per heavy atom. The predicted molar refractivity (Wildman–Crippen MR) is 133 cm³/mol. The fourth-order valence-electron chi connectivity index (χ4n) is 3.44. The molecule has 0 aliphatic carbocycles. The first-order valence-corrected chi connectivity index (χ1v) is 11.3. The molecule has 7 nitrogen and oxygen atoms in total. The number of ether oxygens (including phenoxy) is 1. The molecule has 0 aliphatic heterocycles.